The summed E-state index contributed by atoms with van der Waals surface area (Å²) in [6.07, 6.45) is -3.60. The van der Waals surface area contributed by atoms with Gasteiger partial charge in [-0.25, -0.2) is 14.4 Å². The number of carbonyl (C=O) groups is 1. The minimum absolute atomic E-state index is 0.0285. The number of benzene rings is 1. The van der Waals surface area contributed by atoms with Gasteiger partial charge < -0.3 is 24.6 Å². The van der Waals surface area contributed by atoms with Crippen LogP contribution < -0.4 is 10.1 Å². The fourth-order valence-corrected chi connectivity index (χ4v) is 4.25. The summed E-state index contributed by atoms with van der Waals surface area (Å²) in [4.78, 5) is 21.3. The highest BCUT2D eigenvalue weighted by molar-refractivity contribution is 5.95. The maximum absolute atomic E-state index is 14.4. The predicted molar refractivity (Wildman–Crippen MR) is 121 cm³/mol. The molecule has 0 spiro atoms. The summed E-state index contributed by atoms with van der Waals surface area (Å²) in [5.41, 5.74) is -2.19. The van der Waals surface area contributed by atoms with E-state index >= 15 is 0 Å². The highest BCUT2D eigenvalue weighted by atomic mass is 19.4. The van der Waals surface area contributed by atoms with Crippen LogP contribution in [0.2, 0.25) is 0 Å². The standard InChI is InChI=1S/C24H29F4N3O5/c1-13-17(25)6-5-16(20(13)35-10-9-34-4)19-14(2)23(3,24(26,27)28)36-21(19)22(33)31-15-11-29-18(7-8-32)30-12-15/h5-6,11-12,14,19,21,32H,7-10H2,1-4H3,(H,31,33)/t14-,19-,21+,23+/m1/s1. The molecule has 1 aromatic heterocycles. The topological polar surface area (TPSA) is 103 Å². The number of anilines is 1. The van der Waals surface area contributed by atoms with E-state index < -0.39 is 41.4 Å². The highest BCUT2D eigenvalue weighted by Crippen LogP contribution is 2.55. The van der Waals surface area contributed by atoms with Crippen molar-refractivity contribution in [3.8, 4) is 5.75 Å². The Hall–Kier alpha value is -2.83. The lowest BCUT2D eigenvalue weighted by Crippen LogP contribution is -2.47. The molecule has 12 heteroatoms. The molecule has 198 valence electrons. The van der Waals surface area contributed by atoms with Gasteiger partial charge in [-0.05, 0) is 19.9 Å². The molecule has 2 N–H and O–H groups in total. The fraction of sp³-hybridized carbons (Fsp3) is 0.542. The van der Waals surface area contributed by atoms with Crippen molar-refractivity contribution in [2.24, 2.45) is 5.92 Å². The molecule has 0 aliphatic carbocycles. The fourth-order valence-electron chi connectivity index (χ4n) is 4.25. The molecule has 3 rings (SSSR count). The van der Waals surface area contributed by atoms with E-state index in [-0.39, 0.29) is 48.8 Å². The molecule has 8 nitrogen and oxygen atoms in total. The van der Waals surface area contributed by atoms with Crippen molar-refractivity contribution in [1.29, 1.82) is 0 Å². The van der Waals surface area contributed by atoms with E-state index in [1.54, 1.807) is 0 Å². The molecular formula is C24H29F4N3O5. The number of hydrogen-bond donors (Lipinski definition) is 2. The number of nitrogens with zero attached hydrogens (tertiary/aromatic N) is 2. The molecule has 0 saturated carbocycles. The minimum atomic E-state index is -4.79. The van der Waals surface area contributed by atoms with Crippen LogP contribution in [0.1, 0.15) is 36.7 Å². The van der Waals surface area contributed by atoms with Crippen LogP contribution in [0.4, 0.5) is 23.2 Å². The molecule has 0 bridgehead atoms. The Labute approximate surface area is 206 Å². The average Bonchev–Trinajstić information content (AvgIpc) is 3.10. The number of aromatic nitrogens is 2. The van der Waals surface area contributed by atoms with E-state index in [0.29, 0.717) is 5.82 Å². The van der Waals surface area contributed by atoms with Gasteiger partial charge in [0.15, 0.2) is 5.60 Å². The van der Waals surface area contributed by atoms with Gasteiger partial charge in [0.05, 0.1) is 31.3 Å². The highest BCUT2D eigenvalue weighted by Gasteiger charge is 2.65. The number of rotatable bonds is 9. The third-order valence-electron chi connectivity index (χ3n) is 6.50. The molecule has 1 aliphatic heterocycles. The van der Waals surface area contributed by atoms with E-state index in [1.807, 2.05) is 0 Å². The van der Waals surface area contributed by atoms with Crippen LogP contribution in [0.25, 0.3) is 0 Å². The van der Waals surface area contributed by atoms with E-state index in [2.05, 4.69) is 15.3 Å². The van der Waals surface area contributed by atoms with Crippen molar-refractivity contribution in [1.82, 2.24) is 9.97 Å². The number of nitrogens with one attached hydrogen (secondary N) is 1. The van der Waals surface area contributed by atoms with Gasteiger partial charge in [-0.15, -0.1) is 0 Å². The van der Waals surface area contributed by atoms with Gasteiger partial charge in [0, 0.05) is 36.5 Å². The summed E-state index contributed by atoms with van der Waals surface area (Å²) in [5.74, 6) is -3.41. The summed E-state index contributed by atoms with van der Waals surface area (Å²) in [6, 6.07) is 2.46. The average molecular weight is 516 g/mol. The van der Waals surface area contributed by atoms with Crippen LogP contribution in [-0.2, 0) is 20.7 Å². The van der Waals surface area contributed by atoms with Gasteiger partial charge in [-0.3, -0.25) is 4.79 Å². The number of methoxy groups -OCH3 is 1. The van der Waals surface area contributed by atoms with Crippen LogP contribution in [0.3, 0.4) is 0 Å². The maximum Gasteiger partial charge on any atom is 0.417 e. The Bertz CT molecular complexity index is 1070. The van der Waals surface area contributed by atoms with Gasteiger partial charge in [-0.1, -0.05) is 13.0 Å². The first-order valence-corrected chi connectivity index (χ1v) is 11.3. The second-order valence-corrected chi connectivity index (χ2v) is 8.74. The van der Waals surface area contributed by atoms with Crippen LogP contribution in [0.5, 0.6) is 5.75 Å². The monoisotopic (exact) mass is 515 g/mol. The number of ether oxygens (including phenoxy) is 3. The molecular weight excluding hydrogens is 486 g/mol. The molecule has 4 atom stereocenters. The molecule has 2 heterocycles. The van der Waals surface area contributed by atoms with Crippen molar-refractivity contribution in [2.45, 2.75) is 51.0 Å². The molecule has 0 unspecified atom stereocenters. The third-order valence-corrected chi connectivity index (χ3v) is 6.50. The molecule has 2 aromatic rings. The van der Waals surface area contributed by atoms with Crippen molar-refractivity contribution in [2.75, 3.05) is 32.2 Å². The number of aliphatic hydroxyl groups is 1. The SMILES string of the molecule is COCCOc1c([C@@H]2[C@@H](C(=O)Nc3cnc(CCO)nc3)O[C@](C)(C(F)(F)F)[C@@H]2C)ccc(F)c1C. The lowest BCUT2D eigenvalue weighted by molar-refractivity contribution is -0.272. The summed E-state index contributed by atoms with van der Waals surface area (Å²) < 4.78 is 73.0. The molecule has 36 heavy (non-hydrogen) atoms. The lowest BCUT2D eigenvalue weighted by atomic mass is 9.76. The minimum Gasteiger partial charge on any atom is -0.491 e. The molecule has 1 amide bonds. The lowest BCUT2D eigenvalue weighted by Gasteiger charge is -2.32. The Kier molecular flexibility index (Phi) is 8.52. The predicted octanol–water partition coefficient (Wildman–Crippen LogP) is 3.56. The third kappa shape index (κ3) is 5.45. The van der Waals surface area contributed by atoms with Crippen LogP contribution in [-0.4, -0.2) is 65.8 Å². The second-order valence-electron chi connectivity index (χ2n) is 8.74. The second kappa shape index (κ2) is 11.1. The number of amides is 1. The van der Waals surface area contributed by atoms with Crippen molar-refractivity contribution >= 4 is 11.6 Å². The Morgan fingerprint density at radius 3 is 2.50 bits per heavy atom. The Balaban J connectivity index is 2.02. The molecule has 1 fully saturated rings. The summed E-state index contributed by atoms with van der Waals surface area (Å²) in [6.45, 7) is 3.72. The zero-order valence-corrected chi connectivity index (χ0v) is 20.4. The van der Waals surface area contributed by atoms with E-state index in [0.717, 1.165) is 13.0 Å². The van der Waals surface area contributed by atoms with Crippen molar-refractivity contribution in [3.05, 3.63) is 47.3 Å². The normalized spacial score (nSPS) is 24.1. The first-order valence-electron chi connectivity index (χ1n) is 11.3. The smallest absolute Gasteiger partial charge is 0.417 e. The summed E-state index contributed by atoms with van der Waals surface area (Å²) >= 11 is 0. The molecule has 1 saturated heterocycles. The quantitative estimate of drug-likeness (QED) is 0.389. The van der Waals surface area contributed by atoms with Gasteiger partial charge in [0.25, 0.3) is 5.91 Å². The maximum atomic E-state index is 14.4. The number of aliphatic hydroxyl groups excluding tert-OH is 1. The van der Waals surface area contributed by atoms with E-state index in [1.165, 1.54) is 39.4 Å². The van der Waals surface area contributed by atoms with Crippen LogP contribution in [0.15, 0.2) is 24.5 Å². The Morgan fingerprint density at radius 1 is 1.25 bits per heavy atom. The summed E-state index contributed by atoms with van der Waals surface area (Å²) in [5, 5.41) is 11.5. The van der Waals surface area contributed by atoms with Gasteiger partial charge in [-0.2, -0.15) is 13.2 Å². The van der Waals surface area contributed by atoms with Gasteiger partial charge >= 0.3 is 6.18 Å². The molecule has 1 aromatic carbocycles. The zero-order chi connectivity index (χ0) is 26.7. The molecule has 1 aliphatic rings. The van der Waals surface area contributed by atoms with Gasteiger partial charge in [0.1, 0.15) is 30.1 Å². The number of alkyl halides is 3. The summed E-state index contributed by atoms with van der Waals surface area (Å²) in [7, 11) is 1.45. The van der Waals surface area contributed by atoms with E-state index in [4.69, 9.17) is 19.3 Å². The molecule has 0 radical (unpaired) electrons. The number of carbonyl (C=O) groups excluding carboxylic acids is 1. The van der Waals surface area contributed by atoms with Gasteiger partial charge in [0.2, 0.25) is 0 Å². The number of halogens is 4. The first kappa shape index (κ1) is 27.8. The van der Waals surface area contributed by atoms with Crippen LogP contribution in [0, 0.1) is 18.7 Å². The van der Waals surface area contributed by atoms with Crippen molar-refractivity contribution in [3.63, 3.8) is 0 Å². The van der Waals surface area contributed by atoms with Crippen LogP contribution >= 0.6 is 0 Å². The zero-order valence-electron chi connectivity index (χ0n) is 20.4. The largest absolute Gasteiger partial charge is 0.491 e. The number of hydrogen-bond acceptors (Lipinski definition) is 7. The van der Waals surface area contributed by atoms with Crippen molar-refractivity contribution < 1.29 is 41.7 Å². The Morgan fingerprint density at radius 2 is 1.92 bits per heavy atom. The first-order chi connectivity index (χ1) is 16.9. The van der Waals surface area contributed by atoms with E-state index in [9.17, 15) is 22.4 Å².